The summed E-state index contributed by atoms with van der Waals surface area (Å²) in [7, 11) is 4.67. The van der Waals surface area contributed by atoms with E-state index < -0.39 is 12.0 Å². The molecule has 0 fully saturated rings. The fraction of sp³-hybridized carbons (Fsp3) is 0.286. The number of rotatable bonds is 5. The average molecular weight is 382 g/mol. The van der Waals surface area contributed by atoms with Gasteiger partial charge in [0.15, 0.2) is 11.5 Å². The van der Waals surface area contributed by atoms with Crippen LogP contribution >= 0.6 is 0 Å². The van der Waals surface area contributed by atoms with Crippen LogP contribution in [0.5, 0.6) is 17.2 Å². The Bertz CT molecular complexity index is 1020. The topological polar surface area (TPSA) is 92.8 Å². The van der Waals surface area contributed by atoms with Gasteiger partial charge in [-0.3, -0.25) is 10.1 Å². The van der Waals surface area contributed by atoms with Crippen LogP contribution in [0.15, 0.2) is 36.4 Å². The standard InChI is InChI=1S/C21H22N2O5/c1-26-16-8-11(9-17(27-2)20(16)28-3)18-19-13(10-15(23-18)21(24)25)12-6-4-5-7-14(12)22-19/h4-9,15,18,22-23H,10H2,1-3H3,(H,24,25)/t15-,18-/m1/s1. The normalized spacial score (nSPS) is 18.5. The summed E-state index contributed by atoms with van der Waals surface area (Å²) in [6.07, 6.45) is 0.412. The first-order chi connectivity index (χ1) is 13.6. The number of ether oxygens (including phenoxy) is 3. The number of H-pyrrole nitrogens is 1. The lowest BCUT2D eigenvalue weighted by molar-refractivity contribution is -0.139. The summed E-state index contributed by atoms with van der Waals surface area (Å²) >= 11 is 0. The van der Waals surface area contributed by atoms with Gasteiger partial charge in [-0.05, 0) is 29.3 Å². The SMILES string of the molecule is COc1cc([C@H]2N[C@@H](C(=O)O)Cc3c2[nH]c2ccccc32)cc(OC)c1OC. The molecular weight excluding hydrogens is 360 g/mol. The number of aromatic amines is 1. The van der Waals surface area contributed by atoms with Crippen molar-refractivity contribution in [1.82, 2.24) is 10.3 Å². The number of hydrogen-bond donors (Lipinski definition) is 3. The molecule has 28 heavy (non-hydrogen) atoms. The van der Waals surface area contributed by atoms with Crippen LogP contribution in [-0.2, 0) is 11.2 Å². The third kappa shape index (κ3) is 2.84. The zero-order valence-corrected chi connectivity index (χ0v) is 15.9. The molecule has 1 aliphatic heterocycles. The summed E-state index contributed by atoms with van der Waals surface area (Å²) in [5.74, 6) is 0.659. The van der Waals surface area contributed by atoms with Crippen LogP contribution in [-0.4, -0.2) is 43.4 Å². The maximum atomic E-state index is 11.8. The molecule has 1 aliphatic rings. The number of aromatic nitrogens is 1. The molecule has 3 aromatic rings. The molecule has 0 amide bonds. The molecule has 3 N–H and O–H groups in total. The number of nitrogens with one attached hydrogen (secondary N) is 2. The third-order valence-electron chi connectivity index (χ3n) is 5.23. The second kappa shape index (κ2) is 7.09. The van der Waals surface area contributed by atoms with Gasteiger partial charge >= 0.3 is 5.97 Å². The number of benzene rings is 2. The number of hydrogen-bond acceptors (Lipinski definition) is 5. The van der Waals surface area contributed by atoms with Crippen molar-refractivity contribution in [2.75, 3.05) is 21.3 Å². The molecule has 146 valence electrons. The molecule has 0 saturated carbocycles. The molecule has 2 atom stereocenters. The number of carbonyl (C=O) groups is 1. The van der Waals surface area contributed by atoms with E-state index in [2.05, 4.69) is 10.3 Å². The van der Waals surface area contributed by atoms with Gasteiger partial charge in [-0.1, -0.05) is 18.2 Å². The molecule has 2 aromatic carbocycles. The Morgan fingerprint density at radius 3 is 2.36 bits per heavy atom. The molecule has 0 aliphatic carbocycles. The molecule has 0 radical (unpaired) electrons. The minimum Gasteiger partial charge on any atom is -0.493 e. The van der Waals surface area contributed by atoms with E-state index in [0.29, 0.717) is 23.7 Å². The number of methoxy groups -OCH3 is 3. The van der Waals surface area contributed by atoms with E-state index in [1.54, 1.807) is 21.3 Å². The smallest absolute Gasteiger partial charge is 0.321 e. The summed E-state index contributed by atoms with van der Waals surface area (Å²) in [4.78, 5) is 15.3. The van der Waals surface area contributed by atoms with Crippen molar-refractivity contribution in [1.29, 1.82) is 0 Å². The van der Waals surface area contributed by atoms with E-state index in [0.717, 1.165) is 27.7 Å². The van der Waals surface area contributed by atoms with Gasteiger partial charge in [0.1, 0.15) is 6.04 Å². The van der Waals surface area contributed by atoms with E-state index in [4.69, 9.17) is 14.2 Å². The largest absolute Gasteiger partial charge is 0.493 e. The second-order valence-corrected chi connectivity index (χ2v) is 6.72. The van der Waals surface area contributed by atoms with Crippen molar-refractivity contribution in [3.05, 3.63) is 53.2 Å². The Kier molecular flexibility index (Phi) is 4.60. The van der Waals surface area contributed by atoms with Gasteiger partial charge in [0.05, 0.1) is 27.4 Å². The van der Waals surface area contributed by atoms with Crippen LogP contribution in [0.2, 0.25) is 0 Å². The molecular formula is C21H22N2O5. The molecule has 1 aromatic heterocycles. The summed E-state index contributed by atoms with van der Waals surface area (Å²) in [6, 6.07) is 10.6. The highest BCUT2D eigenvalue weighted by Crippen LogP contribution is 2.43. The van der Waals surface area contributed by atoms with Gasteiger partial charge in [-0.2, -0.15) is 0 Å². The zero-order valence-electron chi connectivity index (χ0n) is 15.9. The fourth-order valence-electron chi connectivity index (χ4n) is 3.92. The van der Waals surface area contributed by atoms with Crippen molar-refractivity contribution in [2.45, 2.75) is 18.5 Å². The average Bonchev–Trinajstić information content (AvgIpc) is 3.10. The molecule has 7 nitrogen and oxygen atoms in total. The quantitative estimate of drug-likeness (QED) is 0.628. The van der Waals surface area contributed by atoms with Gasteiger partial charge in [0.2, 0.25) is 5.75 Å². The third-order valence-corrected chi connectivity index (χ3v) is 5.23. The van der Waals surface area contributed by atoms with Crippen LogP contribution in [0.3, 0.4) is 0 Å². The molecule has 4 rings (SSSR count). The highest BCUT2D eigenvalue weighted by molar-refractivity contribution is 5.87. The van der Waals surface area contributed by atoms with Crippen LogP contribution < -0.4 is 19.5 Å². The van der Waals surface area contributed by atoms with Gasteiger partial charge in [-0.25, -0.2) is 0 Å². The van der Waals surface area contributed by atoms with E-state index in [-0.39, 0.29) is 6.04 Å². The lowest BCUT2D eigenvalue weighted by Crippen LogP contribution is -2.44. The Hall–Kier alpha value is -3.19. The molecule has 0 spiro atoms. The maximum absolute atomic E-state index is 11.8. The lowest BCUT2D eigenvalue weighted by atomic mass is 9.90. The number of carboxylic acids is 1. The molecule has 2 heterocycles. The summed E-state index contributed by atoms with van der Waals surface area (Å²) in [5, 5.41) is 14.0. The first-order valence-electron chi connectivity index (χ1n) is 8.95. The molecule has 0 saturated heterocycles. The number of para-hydroxylation sites is 1. The van der Waals surface area contributed by atoms with E-state index in [1.165, 1.54) is 0 Å². The predicted molar refractivity (Wildman–Crippen MR) is 105 cm³/mol. The summed E-state index contributed by atoms with van der Waals surface area (Å²) in [6.45, 7) is 0. The second-order valence-electron chi connectivity index (χ2n) is 6.72. The number of carboxylic acid groups (broad SMARTS) is 1. The van der Waals surface area contributed by atoms with Crippen molar-refractivity contribution in [2.24, 2.45) is 0 Å². The molecule has 0 unspecified atom stereocenters. The maximum Gasteiger partial charge on any atom is 0.321 e. The fourth-order valence-corrected chi connectivity index (χ4v) is 3.92. The number of aliphatic carboxylic acids is 1. The Morgan fingerprint density at radius 2 is 1.75 bits per heavy atom. The first-order valence-corrected chi connectivity index (χ1v) is 8.95. The minimum atomic E-state index is -0.881. The van der Waals surface area contributed by atoms with Gasteiger partial charge in [0.25, 0.3) is 0 Å². The van der Waals surface area contributed by atoms with Crippen molar-refractivity contribution in [3.63, 3.8) is 0 Å². The molecule has 0 bridgehead atoms. The van der Waals surface area contributed by atoms with E-state index in [9.17, 15) is 9.90 Å². The highest BCUT2D eigenvalue weighted by atomic mass is 16.5. The van der Waals surface area contributed by atoms with E-state index >= 15 is 0 Å². The summed E-state index contributed by atoms with van der Waals surface area (Å²) in [5.41, 5.74) is 3.78. The monoisotopic (exact) mass is 382 g/mol. The van der Waals surface area contributed by atoms with Gasteiger partial charge in [-0.15, -0.1) is 0 Å². The Balaban J connectivity index is 1.91. The van der Waals surface area contributed by atoms with Crippen LogP contribution in [0.25, 0.3) is 10.9 Å². The number of fused-ring (bicyclic) bond motifs is 3. The minimum absolute atomic E-state index is 0.356. The zero-order chi connectivity index (χ0) is 19.8. The van der Waals surface area contributed by atoms with E-state index in [1.807, 2.05) is 36.4 Å². The molecule has 7 heteroatoms. The first kappa shape index (κ1) is 18.2. The van der Waals surface area contributed by atoms with Crippen LogP contribution in [0.4, 0.5) is 0 Å². The predicted octanol–water partition coefficient (Wildman–Crippen LogP) is 2.88. The highest BCUT2D eigenvalue weighted by Gasteiger charge is 2.34. The Morgan fingerprint density at radius 1 is 1.07 bits per heavy atom. The lowest BCUT2D eigenvalue weighted by Gasteiger charge is -2.30. The van der Waals surface area contributed by atoms with Crippen molar-refractivity contribution in [3.8, 4) is 17.2 Å². The van der Waals surface area contributed by atoms with Crippen molar-refractivity contribution < 1.29 is 24.1 Å². The van der Waals surface area contributed by atoms with Crippen molar-refractivity contribution >= 4 is 16.9 Å². The van der Waals surface area contributed by atoms with Gasteiger partial charge < -0.3 is 24.3 Å². The Labute approximate surface area is 162 Å². The summed E-state index contributed by atoms with van der Waals surface area (Å²) < 4.78 is 16.3. The van der Waals surface area contributed by atoms with Gasteiger partial charge in [0, 0.05) is 23.0 Å². The van der Waals surface area contributed by atoms with Crippen LogP contribution in [0.1, 0.15) is 22.9 Å². The van der Waals surface area contributed by atoms with Crippen LogP contribution in [0, 0.1) is 0 Å².